The Morgan fingerprint density at radius 1 is 1.13 bits per heavy atom. The van der Waals surface area contributed by atoms with Gasteiger partial charge in [-0.3, -0.25) is 4.79 Å². The second-order valence-electron chi connectivity index (χ2n) is 6.47. The maximum absolute atomic E-state index is 13.0. The number of nitrogens with zero attached hydrogens (tertiary/aromatic N) is 2. The van der Waals surface area contributed by atoms with E-state index in [-0.39, 0.29) is 9.77 Å². The number of nitrogens with one attached hydrogen (secondary N) is 1. The van der Waals surface area contributed by atoms with E-state index in [4.69, 9.17) is 0 Å². The number of hydrogen-bond acceptors (Lipinski definition) is 8. The van der Waals surface area contributed by atoms with Crippen molar-refractivity contribution in [3.8, 4) is 0 Å². The molecule has 1 N–H and O–H groups in total. The van der Waals surface area contributed by atoms with Crippen LogP contribution in [-0.4, -0.2) is 48.2 Å². The van der Waals surface area contributed by atoms with Gasteiger partial charge in [0.1, 0.15) is 9.77 Å². The van der Waals surface area contributed by atoms with Gasteiger partial charge in [0, 0.05) is 46.3 Å². The summed E-state index contributed by atoms with van der Waals surface area (Å²) >= 11 is 6.04. The van der Waals surface area contributed by atoms with Crippen molar-refractivity contribution in [1.29, 1.82) is 0 Å². The highest BCUT2D eigenvalue weighted by Gasteiger charge is 2.31. The van der Waals surface area contributed by atoms with Crippen LogP contribution in [0.3, 0.4) is 0 Å². The summed E-state index contributed by atoms with van der Waals surface area (Å²) in [5.74, 6) is 1.14. The summed E-state index contributed by atoms with van der Waals surface area (Å²) in [5, 5.41) is 6.47. The molecular formula is C19H19N3O3S5. The fourth-order valence-electron chi connectivity index (χ4n) is 2.87. The molecule has 0 aliphatic carbocycles. The molecule has 1 aliphatic rings. The van der Waals surface area contributed by atoms with Crippen LogP contribution in [0.25, 0.3) is 0 Å². The molecule has 2 aromatic heterocycles. The van der Waals surface area contributed by atoms with Crippen LogP contribution in [0.2, 0.25) is 0 Å². The maximum Gasteiger partial charge on any atom is 0.267 e. The number of carbonyl (C=O) groups is 1. The van der Waals surface area contributed by atoms with E-state index >= 15 is 0 Å². The van der Waals surface area contributed by atoms with Crippen molar-refractivity contribution in [1.82, 2.24) is 9.29 Å². The van der Waals surface area contributed by atoms with E-state index in [2.05, 4.69) is 10.3 Å². The molecule has 6 nitrogen and oxygen atoms in total. The lowest BCUT2D eigenvalue weighted by atomic mass is 10.3. The van der Waals surface area contributed by atoms with Crippen molar-refractivity contribution in [2.24, 2.45) is 0 Å². The maximum atomic E-state index is 13.0. The first-order valence-electron chi connectivity index (χ1n) is 9.10. The van der Waals surface area contributed by atoms with E-state index in [1.54, 1.807) is 40.2 Å². The van der Waals surface area contributed by atoms with E-state index in [9.17, 15) is 13.2 Å². The lowest BCUT2D eigenvalue weighted by Gasteiger charge is -2.25. The van der Waals surface area contributed by atoms with Gasteiger partial charge in [-0.05, 0) is 42.6 Å². The molecule has 1 aromatic carbocycles. The first-order chi connectivity index (χ1) is 14.4. The summed E-state index contributed by atoms with van der Waals surface area (Å²) in [5.41, 5.74) is 1.61. The zero-order valence-corrected chi connectivity index (χ0v) is 20.1. The lowest BCUT2D eigenvalue weighted by Crippen LogP contribution is -2.38. The number of aryl methyl sites for hydroxylation is 1. The molecule has 1 aliphatic heterocycles. The number of sulfonamides is 1. The van der Waals surface area contributed by atoms with E-state index in [0.29, 0.717) is 18.8 Å². The normalized spacial score (nSPS) is 15.2. The van der Waals surface area contributed by atoms with Gasteiger partial charge >= 0.3 is 0 Å². The minimum atomic E-state index is -3.67. The Labute approximate surface area is 192 Å². The van der Waals surface area contributed by atoms with Crippen LogP contribution >= 0.6 is 46.2 Å². The van der Waals surface area contributed by atoms with Crippen molar-refractivity contribution < 1.29 is 13.2 Å². The zero-order valence-electron chi connectivity index (χ0n) is 16.0. The first kappa shape index (κ1) is 21.8. The van der Waals surface area contributed by atoms with Crippen molar-refractivity contribution in [2.75, 3.05) is 29.9 Å². The molecular weight excluding hydrogens is 479 g/mol. The number of thiophene rings is 1. The smallest absolute Gasteiger partial charge is 0.267 e. The second kappa shape index (κ2) is 9.41. The third-order valence-electron chi connectivity index (χ3n) is 4.34. The van der Waals surface area contributed by atoms with Gasteiger partial charge in [-0.25, -0.2) is 13.4 Å². The summed E-state index contributed by atoms with van der Waals surface area (Å²) in [6.07, 6.45) is 0. The van der Waals surface area contributed by atoms with Crippen LogP contribution < -0.4 is 5.32 Å². The van der Waals surface area contributed by atoms with Crippen LogP contribution in [0.1, 0.15) is 15.4 Å². The van der Waals surface area contributed by atoms with Crippen LogP contribution in [0.4, 0.5) is 5.69 Å². The van der Waals surface area contributed by atoms with Gasteiger partial charge in [0.05, 0.1) is 0 Å². The molecule has 0 saturated carbocycles. The number of thioether (sulfide) groups is 1. The van der Waals surface area contributed by atoms with Crippen molar-refractivity contribution in [3.63, 3.8) is 0 Å². The van der Waals surface area contributed by atoms with Crippen molar-refractivity contribution >= 4 is 67.8 Å². The third kappa shape index (κ3) is 4.92. The second-order valence-corrected chi connectivity index (χ2v) is 12.7. The molecule has 0 bridgehead atoms. The highest BCUT2D eigenvalue weighted by Crippen LogP contribution is 2.31. The number of thiazole rings is 1. The molecule has 0 unspecified atom stereocenters. The highest BCUT2D eigenvalue weighted by molar-refractivity contribution is 8.01. The van der Waals surface area contributed by atoms with E-state index in [1.165, 1.54) is 10.4 Å². The fourth-order valence-corrected chi connectivity index (χ4v) is 8.55. The van der Waals surface area contributed by atoms with Gasteiger partial charge in [0.2, 0.25) is 10.0 Å². The molecule has 3 aromatic rings. The summed E-state index contributed by atoms with van der Waals surface area (Å²) < 4.78 is 28.4. The molecule has 1 amide bonds. The van der Waals surface area contributed by atoms with Crippen LogP contribution in [-0.2, 0) is 10.0 Å². The molecule has 0 radical (unpaired) electrons. The summed E-state index contributed by atoms with van der Waals surface area (Å²) in [7, 11) is -3.67. The molecule has 4 rings (SSSR count). The lowest BCUT2D eigenvalue weighted by molar-refractivity contribution is 0.102. The van der Waals surface area contributed by atoms with Crippen LogP contribution in [0.5, 0.6) is 0 Å². The van der Waals surface area contributed by atoms with Crippen LogP contribution in [0, 0.1) is 6.92 Å². The molecule has 0 spiro atoms. The number of anilines is 1. The topological polar surface area (TPSA) is 79.4 Å². The average Bonchev–Trinajstić information content (AvgIpc) is 3.40. The minimum Gasteiger partial charge on any atom is -0.321 e. The molecule has 30 heavy (non-hydrogen) atoms. The molecule has 11 heteroatoms. The van der Waals surface area contributed by atoms with Gasteiger partial charge < -0.3 is 5.32 Å². The standard InChI is InChI=1S/C19H19N3O3S5/c1-13-12-28-19(20-13)29-15-4-2-14(3-5-15)21-18(23)17-16(6-9-27-17)30(24,25)22-7-10-26-11-8-22/h2-6,9,12H,7-8,10-11H2,1H3,(H,21,23). The Hall–Kier alpha value is -1.37. The predicted molar refractivity (Wildman–Crippen MR) is 126 cm³/mol. The summed E-state index contributed by atoms with van der Waals surface area (Å²) in [6, 6.07) is 8.96. The highest BCUT2D eigenvalue weighted by atomic mass is 32.2. The fraction of sp³-hybridized carbons (Fsp3) is 0.263. The molecule has 0 atom stereocenters. The number of carbonyl (C=O) groups excluding carboxylic acids is 1. The monoisotopic (exact) mass is 497 g/mol. The Bertz CT molecular complexity index is 1130. The van der Waals surface area contributed by atoms with Gasteiger partial charge in [-0.2, -0.15) is 16.1 Å². The summed E-state index contributed by atoms with van der Waals surface area (Å²) in [4.78, 5) is 18.6. The molecule has 1 saturated heterocycles. The van der Waals surface area contributed by atoms with E-state index in [1.807, 2.05) is 36.6 Å². The average molecular weight is 498 g/mol. The number of hydrogen-bond donors (Lipinski definition) is 1. The van der Waals surface area contributed by atoms with Crippen molar-refractivity contribution in [3.05, 3.63) is 51.7 Å². The summed E-state index contributed by atoms with van der Waals surface area (Å²) in [6.45, 7) is 2.91. The van der Waals surface area contributed by atoms with Gasteiger partial charge in [0.15, 0.2) is 4.34 Å². The Balaban J connectivity index is 1.46. The third-order valence-corrected chi connectivity index (χ3v) is 10.3. The zero-order chi connectivity index (χ0) is 21.1. The van der Waals surface area contributed by atoms with Gasteiger partial charge in [-0.1, -0.05) is 11.8 Å². The quantitative estimate of drug-likeness (QED) is 0.534. The van der Waals surface area contributed by atoms with Crippen molar-refractivity contribution in [2.45, 2.75) is 21.1 Å². The minimum absolute atomic E-state index is 0.0863. The first-order valence-corrected chi connectivity index (χ1v) is 14.3. The number of rotatable bonds is 6. The largest absolute Gasteiger partial charge is 0.321 e. The van der Waals surface area contributed by atoms with Gasteiger partial charge in [-0.15, -0.1) is 22.7 Å². The molecule has 158 valence electrons. The molecule has 1 fully saturated rings. The molecule has 3 heterocycles. The number of benzene rings is 1. The van der Waals surface area contributed by atoms with E-state index in [0.717, 1.165) is 37.8 Å². The Kier molecular flexibility index (Phi) is 6.85. The van der Waals surface area contributed by atoms with E-state index < -0.39 is 15.9 Å². The Morgan fingerprint density at radius 3 is 2.53 bits per heavy atom. The number of amides is 1. The van der Waals surface area contributed by atoms with Gasteiger partial charge in [0.25, 0.3) is 5.91 Å². The van der Waals surface area contributed by atoms with Crippen LogP contribution in [0.15, 0.2) is 55.2 Å². The predicted octanol–water partition coefficient (Wildman–Crippen LogP) is 4.65. The Morgan fingerprint density at radius 2 is 1.87 bits per heavy atom. The number of aromatic nitrogens is 1. The SMILES string of the molecule is Cc1csc(Sc2ccc(NC(=O)c3sccc3S(=O)(=O)N3CCSCC3)cc2)n1.